The van der Waals surface area contributed by atoms with Crippen molar-refractivity contribution in [1.82, 2.24) is 10.2 Å². The van der Waals surface area contributed by atoms with Crippen molar-refractivity contribution in [3.8, 4) is 11.5 Å². The van der Waals surface area contributed by atoms with E-state index in [0.29, 0.717) is 35.2 Å². The van der Waals surface area contributed by atoms with Crippen LogP contribution in [0, 0.1) is 11.7 Å². The fraction of sp³-hybridized carbons (Fsp3) is 0.500. The van der Waals surface area contributed by atoms with Crippen LogP contribution in [0.1, 0.15) is 63.1 Å². The molecule has 1 saturated carbocycles. The third kappa shape index (κ3) is 7.36. The van der Waals surface area contributed by atoms with Gasteiger partial charge in [0.15, 0.2) is 11.5 Å². The second-order valence-corrected chi connectivity index (χ2v) is 9.68. The number of carbonyl (C=O) groups excluding carboxylic acids is 2. The fourth-order valence-corrected chi connectivity index (χ4v) is 4.68. The van der Waals surface area contributed by atoms with Crippen LogP contribution in [-0.4, -0.2) is 42.4 Å². The quantitative estimate of drug-likeness (QED) is 0.392. The second-order valence-electron chi connectivity index (χ2n) is 9.41. The lowest BCUT2D eigenvalue weighted by Crippen LogP contribution is -2.47. The van der Waals surface area contributed by atoms with Crippen LogP contribution < -0.4 is 14.8 Å². The predicted molar refractivity (Wildman–Crippen MR) is 139 cm³/mol. The number of nitrogens with one attached hydrogen (secondary N) is 1. The molecule has 0 aromatic heterocycles. The highest BCUT2D eigenvalue weighted by Crippen LogP contribution is 2.34. The Bertz CT molecular complexity index is 1010. The molecule has 36 heavy (non-hydrogen) atoms. The van der Waals surface area contributed by atoms with Crippen molar-refractivity contribution in [2.45, 2.75) is 64.6 Å². The minimum absolute atomic E-state index is 0.0454. The van der Waals surface area contributed by atoms with E-state index in [0.717, 1.165) is 32.1 Å². The molecule has 8 heteroatoms. The SMILES string of the molecule is CCCOc1ccc([C@@H](C(=O)NC2CCC(C)CC2)N(Cc2ccc(F)cc2)C(=O)CCl)cc1OC. The predicted octanol–water partition coefficient (Wildman–Crippen LogP) is 5.63. The smallest absolute Gasteiger partial charge is 0.247 e. The van der Waals surface area contributed by atoms with E-state index < -0.39 is 11.9 Å². The third-order valence-electron chi connectivity index (χ3n) is 6.59. The van der Waals surface area contributed by atoms with E-state index in [2.05, 4.69) is 12.2 Å². The van der Waals surface area contributed by atoms with E-state index in [1.165, 1.54) is 24.1 Å². The molecule has 0 saturated heterocycles. The lowest BCUT2D eigenvalue weighted by atomic mass is 9.87. The Morgan fingerprint density at radius 2 is 1.81 bits per heavy atom. The number of rotatable bonds is 11. The zero-order valence-corrected chi connectivity index (χ0v) is 22.0. The molecule has 1 atom stereocenters. The van der Waals surface area contributed by atoms with Gasteiger partial charge in [-0.05, 0) is 73.4 Å². The summed E-state index contributed by atoms with van der Waals surface area (Å²) in [6.07, 6.45) is 4.73. The Morgan fingerprint density at radius 1 is 1.11 bits per heavy atom. The fourth-order valence-electron chi connectivity index (χ4n) is 4.53. The first-order valence-corrected chi connectivity index (χ1v) is 13.1. The maximum atomic E-state index is 13.8. The summed E-state index contributed by atoms with van der Waals surface area (Å²) in [6, 6.07) is 10.2. The molecular weight excluding hydrogens is 483 g/mol. The van der Waals surface area contributed by atoms with Gasteiger partial charge in [-0.1, -0.05) is 32.0 Å². The lowest BCUT2D eigenvalue weighted by molar-refractivity contribution is -0.140. The van der Waals surface area contributed by atoms with Gasteiger partial charge in [-0.3, -0.25) is 9.59 Å². The number of nitrogens with zero attached hydrogens (tertiary/aromatic N) is 1. The van der Waals surface area contributed by atoms with Crippen LogP contribution in [0.25, 0.3) is 0 Å². The van der Waals surface area contributed by atoms with Gasteiger partial charge in [0.05, 0.1) is 13.7 Å². The van der Waals surface area contributed by atoms with Crippen LogP contribution in [0.5, 0.6) is 11.5 Å². The highest BCUT2D eigenvalue weighted by molar-refractivity contribution is 6.27. The van der Waals surface area contributed by atoms with Gasteiger partial charge in [-0.15, -0.1) is 11.6 Å². The summed E-state index contributed by atoms with van der Waals surface area (Å²) >= 11 is 6.00. The molecule has 3 rings (SSSR count). The average Bonchev–Trinajstić information content (AvgIpc) is 2.89. The molecular formula is C28H36ClFN2O4. The Kier molecular flexibility index (Phi) is 10.4. The van der Waals surface area contributed by atoms with Crippen molar-refractivity contribution in [1.29, 1.82) is 0 Å². The molecule has 1 N–H and O–H groups in total. The lowest BCUT2D eigenvalue weighted by Gasteiger charge is -2.34. The van der Waals surface area contributed by atoms with Crippen LogP contribution in [-0.2, 0) is 16.1 Å². The molecule has 6 nitrogen and oxygen atoms in total. The summed E-state index contributed by atoms with van der Waals surface area (Å²) in [7, 11) is 1.54. The molecule has 196 valence electrons. The van der Waals surface area contributed by atoms with Crippen molar-refractivity contribution < 1.29 is 23.5 Å². The molecule has 0 radical (unpaired) electrons. The zero-order valence-electron chi connectivity index (χ0n) is 21.3. The van der Waals surface area contributed by atoms with Crippen LogP contribution >= 0.6 is 11.6 Å². The van der Waals surface area contributed by atoms with Gasteiger partial charge in [0.25, 0.3) is 0 Å². The summed E-state index contributed by atoms with van der Waals surface area (Å²) in [6.45, 7) is 4.86. The first-order valence-electron chi connectivity index (χ1n) is 12.6. The molecule has 1 aliphatic rings. The van der Waals surface area contributed by atoms with Crippen molar-refractivity contribution in [2.24, 2.45) is 5.92 Å². The molecule has 2 amide bonds. The zero-order chi connectivity index (χ0) is 26.1. The molecule has 1 fully saturated rings. The van der Waals surface area contributed by atoms with Gasteiger partial charge in [-0.25, -0.2) is 4.39 Å². The van der Waals surface area contributed by atoms with Crippen LogP contribution in [0.15, 0.2) is 42.5 Å². The summed E-state index contributed by atoms with van der Waals surface area (Å²) in [5, 5.41) is 3.17. The number of methoxy groups -OCH3 is 1. The number of alkyl halides is 1. The maximum Gasteiger partial charge on any atom is 0.247 e. The summed E-state index contributed by atoms with van der Waals surface area (Å²) in [4.78, 5) is 28.3. The van der Waals surface area contributed by atoms with E-state index in [1.54, 1.807) is 30.3 Å². The molecule has 0 unspecified atom stereocenters. The Hall–Kier alpha value is -2.80. The number of benzene rings is 2. The second kappa shape index (κ2) is 13.5. The number of ether oxygens (including phenoxy) is 2. The standard InChI is InChI=1S/C28H36ClFN2O4/c1-4-15-36-24-14-9-21(16-25(24)35-3)27(28(34)31-23-12-5-19(2)6-13-23)32(26(33)17-29)18-20-7-10-22(30)11-8-20/h7-11,14,16,19,23,27H,4-6,12-13,15,17-18H2,1-3H3,(H,31,34)/t19?,23?,27-/m0/s1. The molecule has 2 aromatic rings. The van der Waals surface area contributed by atoms with Crippen molar-refractivity contribution in [3.63, 3.8) is 0 Å². The number of halogens is 2. The first kappa shape index (κ1) is 27.8. The normalized spacial score (nSPS) is 18.2. The number of carbonyl (C=O) groups is 2. The topological polar surface area (TPSA) is 67.9 Å². The van der Waals surface area contributed by atoms with E-state index in [-0.39, 0.29) is 30.2 Å². The highest BCUT2D eigenvalue weighted by Gasteiger charge is 2.33. The third-order valence-corrected chi connectivity index (χ3v) is 6.82. The summed E-state index contributed by atoms with van der Waals surface area (Å²) in [5.41, 5.74) is 1.27. The van der Waals surface area contributed by atoms with E-state index in [9.17, 15) is 14.0 Å². The Labute approximate surface area is 218 Å². The molecule has 0 bridgehead atoms. The Morgan fingerprint density at radius 3 is 2.42 bits per heavy atom. The van der Waals surface area contributed by atoms with E-state index >= 15 is 0 Å². The van der Waals surface area contributed by atoms with Crippen LogP contribution in [0.2, 0.25) is 0 Å². The molecule has 1 aliphatic carbocycles. The summed E-state index contributed by atoms with van der Waals surface area (Å²) < 4.78 is 24.8. The minimum atomic E-state index is -0.949. The van der Waals surface area contributed by atoms with E-state index in [1.807, 2.05) is 6.92 Å². The number of amides is 2. The van der Waals surface area contributed by atoms with Gasteiger partial charge < -0.3 is 19.7 Å². The maximum absolute atomic E-state index is 13.8. The van der Waals surface area contributed by atoms with E-state index in [4.69, 9.17) is 21.1 Å². The highest BCUT2D eigenvalue weighted by atomic mass is 35.5. The van der Waals surface area contributed by atoms with Crippen molar-refractivity contribution >= 4 is 23.4 Å². The van der Waals surface area contributed by atoms with Gasteiger partial charge in [0.2, 0.25) is 11.8 Å². The molecule has 2 aromatic carbocycles. The van der Waals surface area contributed by atoms with Gasteiger partial charge in [0.1, 0.15) is 17.7 Å². The molecule has 0 heterocycles. The van der Waals surface area contributed by atoms with Crippen LogP contribution in [0.4, 0.5) is 4.39 Å². The molecule has 0 spiro atoms. The van der Waals surface area contributed by atoms with Crippen molar-refractivity contribution in [3.05, 3.63) is 59.4 Å². The Balaban J connectivity index is 1.98. The van der Waals surface area contributed by atoms with Gasteiger partial charge in [0, 0.05) is 12.6 Å². The summed E-state index contributed by atoms with van der Waals surface area (Å²) in [5.74, 6) is 0.343. The molecule has 0 aliphatic heterocycles. The van der Waals surface area contributed by atoms with Crippen LogP contribution in [0.3, 0.4) is 0 Å². The largest absolute Gasteiger partial charge is 0.493 e. The number of hydrogen-bond donors (Lipinski definition) is 1. The van der Waals surface area contributed by atoms with Gasteiger partial charge >= 0.3 is 0 Å². The average molecular weight is 519 g/mol. The first-order chi connectivity index (χ1) is 17.4. The monoisotopic (exact) mass is 518 g/mol. The van der Waals surface area contributed by atoms with Gasteiger partial charge in [-0.2, -0.15) is 0 Å². The number of hydrogen-bond acceptors (Lipinski definition) is 4. The minimum Gasteiger partial charge on any atom is -0.493 e. The van der Waals surface area contributed by atoms with Crippen molar-refractivity contribution in [2.75, 3.05) is 19.6 Å².